The molecule has 2 rings (SSSR count). The molecule has 0 aliphatic rings. The lowest BCUT2D eigenvalue weighted by atomic mass is 10.2. The predicted molar refractivity (Wildman–Crippen MR) is 124 cm³/mol. The second kappa shape index (κ2) is 10.8. The molecule has 0 fully saturated rings. The maximum atomic E-state index is 12.7. The van der Waals surface area contributed by atoms with Gasteiger partial charge in [-0.05, 0) is 24.5 Å². The van der Waals surface area contributed by atoms with Gasteiger partial charge in [-0.15, -0.1) is 0 Å². The van der Waals surface area contributed by atoms with Gasteiger partial charge in [0.25, 0.3) is 11.2 Å². The first-order chi connectivity index (χ1) is 15.0. The molecule has 0 saturated carbocycles. The lowest BCUT2D eigenvalue weighted by molar-refractivity contribution is -0.384. The zero-order chi connectivity index (χ0) is 24.0. The summed E-state index contributed by atoms with van der Waals surface area (Å²) in [5.41, 5.74) is 4.77. The van der Waals surface area contributed by atoms with Crippen LogP contribution in [0.1, 0.15) is 33.6 Å². The molecule has 12 heteroatoms. The van der Waals surface area contributed by atoms with Crippen LogP contribution in [-0.4, -0.2) is 33.5 Å². The first-order valence-corrected chi connectivity index (χ1v) is 10.5. The number of rotatable bonds is 10. The standard InChI is InChI=1S/C20H27ClN6O5/c1-4-5-8-26-18(22)17(19(29)24-20(26)30)25(10-12(2)3)11-16(28)23-13-6-7-14(21)15(9-13)27(31)32/h6-7,9,12H,4-5,8,10-11,22H2,1-3H3,(H,23,28)(H,24,29,30). The average Bonchev–Trinajstić information content (AvgIpc) is 2.68. The van der Waals surface area contributed by atoms with E-state index in [4.69, 9.17) is 17.3 Å². The second-order valence-electron chi connectivity index (χ2n) is 7.74. The number of nitrogens with two attached hydrogens (primary N) is 1. The Hall–Kier alpha value is -3.34. The molecule has 32 heavy (non-hydrogen) atoms. The van der Waals surface area contributed by atoms with Crippen molar-refractivity contribution in [2.75, 3.05) is 29.0 Å². The molecule has 0 spiro atoms. The number of hydrogen-bond acceptors (Lipinski definition) is 7. The van der Waals surface area contributed by atoms with Crippen LogP contribution in [0.3, 0.4) is 0 Å². The molecule has 0 saturated heterocycles. The van der Waals surface area contributed by atoms with Crippen molar-refractivity contribution >= 4 is 40.4 Å². The van der Waals surface area contributed by atoms with E-state index in [1.54, 1.807) is 0 Å². The second-order valence-corrected chi connectivity index (χ2v) is 8.15. The Morgan fingerprint density at radius 3 is 2.66 bits per heavy atom. The number of anilines is 3. The number of amides is 1. The molecule has 4 N–H and O–H groups in total. The van der Waals surface area contributed by atoms with E-state index in [0.717, 1.165) is 12.5 Å². The highest BCUT2D eigenvalue weighted by atomic mass is 35.5. The van der Waals surface area contributed by atoms with Crippen molar-refractivity contribution in [3.8, 4) is 0 Å². The number of unbranched alkanes of at least 4 members (excludes halogenated alkanes) is 1. The first-order valence-electron chi connectivity index (χ1n) is 10.2. The number of aromatic nitrogens is 2. The lowest BCUT2D eigenvalue weighted by Gasteiger charge is -2.27. The maximum absolute atomic E-state index is 12.7. The molecular formula is C20H27ClN6O5. The number of carbonyl (C=O) groups is 1. The number of nitro benzene ring substituents is 1. The molecule has 0 aliphatic heterocycles. The summed E-state index contributed by atoms with van der Waals surface area (Å²) in [5.74, 6) is -0.468. The van der Waals surface area contributed by atoms with E-state index >= 15 is 0 Å². The van der Waals surface area contributed by atoms with Crippen LogP contribution in [-0.2, 0) is 11.3 Å². The Bertz CT molecular complexity index is 1110. The third kappa shape index (κ3) is 6.10. The minimum absolute atomic E-state index is 0.0113. The fraction of sp³-hybridized carbons (Fsp3) is 0.450. The van der Waals surface area contributed by atoms with Gasteiger partial charge in [-0.1, -0.05) is 38.8 Å². The van der Waals surface area contributed by atoms with Crippen molar-refractivity contribution in [2.45, 2.75) is 40.2 Å². The summed E-state index contributed by atoms with van der Waals surface area (Å²) in [6, 6.07) is 3.90. The summed E-state index contributed by atoms with van der Waals surface area (Å²) >= 11 is 5.81. The molecule has 174 valence electrons. The zero-order valence-electron chi connectivity index (χ0n) is 18.2. The van der Waals surface area contributed by atoms with Crippen molar-refractivity contribution in [1.82, 2.24) is 9.55 Å². The van der Waals surface area contributed by atoms with E-state index in [9.17, 15) is 24.5 Å². The van der Waals surface area contributed by atoms with Gasteiger partial charge in [-0.2, -0.15) is 0 Å². The molecule has 0 radical (unpaired) electrons. The quantitative estimate of drug-likeness (QED) is 0.358. The van der Waals surface area contributed by atoms with E-state index in [2.05, 4.69) is 10.3 Å². The van der Waals surface area contributed by atoms with Crippen molar-refractivity contribution in [2.24, 2.45) is 5.92 Å². The molecule has 0 bridgehead atoms. The highest BCUT2D eigenvalue weighted by molar-refractivity contribution is 6.32. The molecule has 1 heterocycles. The van der Waals surface area contributed by atoms with Gasteiger partial charge in [0.2, 0.25) is 5.91 Å². The van der Waals surface area contributed by atoms with E-state index in [1.807, 2.05) is 20.8 Å². The van der Waals surface area contributed by atoms with E-state index < -0.39 is 22.1 Å². The number of nitro groups is 1. The van der Waals surface area contributed by atoms with Gasteiger partial charge in [0.1, 0.15) is 16.5 Å². The van der Waals surface area contributed by atoms with E-state index in [-0.39, 0.29) is 40.4 Å². The first kappa shape index (κ1) is 24.9. The number of aromatic amines is 1. The van der Waals surface area contributed by atoms with Gasteiger partial charge in [0, 0.05) is 24.8 Å². The number of carbonyl (C=O) groups excluding carboxylic acids is 1. The molecule has 0 unspecified atom stereocenters. The Morgan fingerprint density at radius 1 is 1.38 bits per heavy atom. The minimum atomic E-state index is -0.684. The third-order valence-electron chi connectivity index (χ3n) is 4.61. The van der Waals surface area contributed by atoms with Crippen LogP contribution in [0.4, 0.5) is 22.9 Å². The molecule has 1 aromatic heterocycles. The number of nitrogens with zero attached hydrogens (tertiary/aromatic N) is 3. The minimum Gasteiger partial charge on any atom is -0.383 e. The summed E-state index contributed by atoms with van der Waals surface area (Å²) < 4.78 is 1.29. The maximum Gasteiger partial charge on any atom is 0.330 e. The van der Waals surface area contributed by atoms with E-state index in [0.29, 0.717) is 19.5 Å². The summed E-state index contributed by atoms with van der Waals surface area (Å²) in [5, 5.41) is 13.6. The lowest BCUT2D eigenvalue weighted by Crippen LogP contribution is -2.43. The van der Waals surface area contributed by atoms with Gasteiger partial charge in [0.15, 0.2) is 0 Å². The summed E-state index contributed by atoms with van der Waals surface area (Å²) in [6.07, 6.45) is 1.52. The molecule has 1 aromatic carbocycles. The van der Waals surface area contributed by atoms with Crippen LogP contribution in [0.25, 0.3) is 0 Å². The van der Waals surface area contributed by atoms with Crippen molar-refractivity contribution in [3.05, 3.63) is 54.2 Å². The van der Waals surface area contributed by atoms with Crippen LogP contribution >= 0.6 is 11.6 Å². The fourth-order valence-electron chi connectivity index (χ4n) is 3.20. The van der Waals surface area contributed by atoms with Crippen molar-refractivity contribution < 1.29 is 9.72 Å². The largest absolute Gasteiger partial charge is 0.383 e. The van der Waals surface area contributed by atoms with Crippen LogP contribution in [0, 0.1) is 16.0 Å². The van der Waals surface area contributed by atoms with Crippen LogP contribution in [0.15, 0.2) is 27.8 Å². The monoisotopic (exact) mass is 466 g/mol. The Morgan fingerprint density at radius 2 is 2.06 bits per heavy atom. The molecular weight excluding hydrogens is 440 g/mol. The Labute approximate surface area is 189 Å². The summed E-state index contributed by atoms with van der Waals surface area (Å²) in [7, 11) is 0. The van der Waals surface area contributed by atoms with Gasteiger partial charge >= 0.3 is 5.69 Å². The predicted octanol–water partition coefficient (Wildman–Crippen LogP) is 2.58. The van der Waals surface area contributed by atoms with E-state index in [1.165, 1.54) is 21.6 Å². The Balaban J connectivity index is 2.36. The van der Waals surface area contributed by atoms with Crippen LogP contribution < -0.4 is 27.2 Å². The summed E-state index contributed by atoms with van der Waals surface area (Å²) in [4.78, 5) is 51.7. The van der Waals surface area contributed by atoms with Crippen LogP contribution in [0.2, 0.25) is 5.02 Å². The van der Waals surface area contributed by atoms with Gasteiger partial charge in [0.05, 0.1) is 11.5 Å². The number of hydrogen-bond donors (Lipinski definition) is 3. The molecule has 11 nitrogen and oxygen atoms in total. The molecule has 0 aliphatic carbocycles. The van der Waals surface area contributed by atoms with Gasteiger partial charge in [-0.25, -0.2) is 4.79 Å². The Kier molecular flexibility index (Phi) is 8.41. The molecule has 1 amide bonds. The molecule has 2 aromatic rings. The number of benzene rings is 1. The highest BCUT2D eigenvalue weighted by Crippen LogP contribution is 2.27. The van der Waals surface area contributed by atoms with Crippen molar-refractivity contribution in [3.63, 3.8) is 0 Å². The SMILES string of the molecule is CCCCn1c(N)c(N(CC(=O)Nc2ccc(Cl)c([N+](=O)[O-])c2)CC(C)C)c(=O)[nH]c1=O. The number of nitrogen functional groups attached to an aromatic ring is 1. The van der Waals surface area contributed by atoms with Crippen molar-refractivity contribution in [1.29, 1.82) is 0 Å². The van der Waals surface area contributed by atoms with Gasteiger partial charge in [-0.3, -0.25) is 29.3 Å². The topological polar surface area (TPSA) is 156 Å². The fourth-order valence-corrected chi connectivity index (χ4v) is 3.39. The normalized spacial score (nSPS) is 10.9. The molecule has 0 atom stereocenters. The summed E-state index contributed by atoms with van der Waals surface area (Å²) in [6.45, 7) is 6.17. The average molecular weight is 467 g/mol. The van der Waals surface area contributed by atoms with Crippen LogP contribution in [0.5, 0.6) is 0 Å². The highest BCUT2D eigenvalue weighted by Gasteiger charge is 2.22. The zero-order valence-corrected chi connectivity index (χ0v) is 18.9. The number of nitrogens with one attached hydrogen (secondary N) is 2. The number of halogens is 1. The number of H-pyrrole nitrogens is 1. The van der Waals surface area contributed by atoms with Gasteiger partial charge < -0.3 is 16.0 Å². The third-order valence-corrected chi connectivity index (χ3v) is 4.93. The smallest absolute Gasteiger partial charge is 0.330 e.